The molecular formula is C12H13ClO. The van der Waals surface area contributed by atoms with Crippen LogP contribution in [0.3, 0.4) is 0 Å². The third-order valence-corrected chi connectivity index (χ3v) is 2.33. The molecule has 0 saturated carbocycles. The Labute approximate surface area is 89.4 Å². The van der Waals surface area contributed by atoms with E-state index in [1.165, 1.54) is 0 Å². The summed E-state index contributed by atoms with van der Waals surface area (Å²) in [5.41, 5.74) is 0.847. The van der Waals surface area contributed by atoms with Crippen LogP contribution in [0.5, 0.6) is 0 Å². The van der Waals surface area contributed by atoms with Crippen molar-refractivity contribution in [2.75, 3.05) is 0 Å². The second-order valence-electron chi connectivity index (χ2n) is 2.99. The molecule has 0 N–H and O–H groups in total. The lowest BCUT2D eigenvalue weighted by atomic mass is 10.1. The summed E-state index contributed by atoms with van der Waals surface area (Å²) in [5, 5.41) is -0.556. The highest BCUT2D eigenvalue weighted by molar-refractivity contribution is 6.32. The molecule has 1 rings (SSSR count). The van der Waals surface area contributed by atoms with Crippen LogP contribution >= 0.6 is 11.6 Å². The van der Waals surface area contributed by atoms with E-state index in [9.17, 15) is 4.79 Å². The van der Waals surface area contributed by atoms with E-state index in [4.69, 9.17) is 11.6 Å². The summed E-state index contributed by atoms with van der Waals surface area (Å²) in [6, 6.07) is 9.37. The van der Waals surface area contributed by atoms with E-state index in [0.717, 1.165) is 12.0 Å². The number of rotatable bonds is 4. The second-order valence-corrected chi connectivity index (χ2v) is 3.42. The Hall–Kier alpha value is -1.08. The average molecular weight is 209 g/mol. The van der Waals surface area contributed by atoms with E-state index < -0.39 is 5.38 Å². The Morgan fingerprint density at radius 1 is 1.43 bits per heavy atom. The molecule has 0 amide bonds. The van der Waals surface area contributed by atoms with E-state index in [2.05, 4.69) is 0 Å². The van der Waals surface area contributed by atoms with Crippen molar-refractivity contribution in [1.29, 1.82) is 0 Å². The van der Waals surface area contributed by atoms with Crippen LogP contribution in [-0.4, -0.2) is 5.78 Å². The molecule has 1 atom stereocenters. The normalized spacial score (nSPS) is 13.0. The summed E-state index contributed by atoms with van der Waals surface area (Å²) in [6.07, 6.45) is 4.22. The zero-order valence-electron chi connectivity index (χ0n) is 8.11. The summed E-state index contributed by atoms with van der Waals surface area (Å²) in [6.45, 7) is 1.98. The topological polar surface area (TPSA) is 17.1 Å². The molecule has 0 bridgehead atoms. The van der Waals surface area contributed by atoms with Crippen LogP contribution < -0.4 is 0 Å². The first-order valence-corrected chi connectivity index (χ1v) is 5.08. The molecule has 14 heavy (non-hydrogen) atoms. The summed E-state index contributed by atoms with van der Waals surface area (Å²) < 4.78 is 0. The zero-order chi connectivity index (χ0) is 10.4. The van der Waals surface area contributed by atoms with Crippen LogP contribution in [0.15, 0.2) is 42.5 Å². The van der Waals surface area contributed by atoms with Gasteiger partial charge in [-0.25, -0.2) is 0 Å². The predicted octanol–water partition coefficient (Wildman–Crippen LogP) is 3.50. The van der Waals surface area contributed by atoms with E-state index >= 15 is 0 Å². The monoisotopic (exact) mass is 208 g/mol. The second kappa shape index (κ2) is 5.61. The van der Waals surface area contributed by atoms with Gasteiger partial charge in [0, 0.05) is 0 Å². The fraction of sp³-hybridized carbons (Fsp3) is 0.250. The fourth-order valence-electron chi connectivity index (χ4n) is 1.10. The molecule has 0 saturated heterocycles. The van der Waals surface area contributed by atoms with Crippen LogP contribution in [0.1, 0.15) is 24.3 Å². The van der Waals surface area contributed by atoms with Crippen LogP contribution in [0.25, 0.3) is 0 Å². The Balaban J connectivity index is 2.71. The van der Waals surface area contributed by atoms with Gasteiger partial charge in [-0.15, -0.1) is 11.6 Å². The van der Waals surface area contributed by atoms with Gasteiger partial charge in [0.15, 0.2) is 5.78 Å². The number of hydrogen-bond acceptors (Lipinski definition) is 1. The molecule has 0 aliphatic rings. The van der Waals surface area contributed by atoms with Crippen molar-refractivity contribution in [1.82, 2.24) is 0 Å². The molecule has 1 nitrogen and oxygen atoms in total. The van der Waals surface area contributed by atoms with Gasteiger partial charge in [-0.05, 0) is 18.1 Å². The van der Waals surface area contributed by atoms with Crippen molar-refractivity contribution in [2.45, 2.75) is 18.7 Å². The third-order valence-electron chi connectivity index (χ3n) is 1.86. The quantitative estimate of drug-likeness (QED) is 0.547. The maximum absolute atomic E-state index is 11.5. The maximum atomic E-state index is 11.5. The third kappa shape index (κ3) is 3.00. The largest absolute Gasteiger partial charge is 0.293 e. The van der Waals surface area contributed by atoms with Gasteiger partial charge in [0.25, 0.3) is 0 Å². The van der Waals surface area contributed by atoms with Gasteiger partial charge in [0.05, 0.1) is 0 Å². The molecule has 0 heterocycles. The van der Waals surface area contributed by atoms with Crippen molar-refractivity contribution in [3.63, 3.8) is 0 Å². The number of carbonyl (C=O) groups excluding carboxylic acids is 1. The molecule has 2 heteroatoms. The standard InChI is InChI=1S/C12H13ClO/c1-2-3-9-11(14)12(13)10-7-5-4-6-8-10/h3-9,12H,2H2,1H3. The molecule has 0 fully saturated rings. The summed E-state index contributed by atoms with van der Waals surface area (Å²) in [5.74, 6) is -0.0558. The van der Waals surface area contributed by atoms with E-state index in [1.54, 1.807) is 6.08 Å². The SMILES string of the molecule is CCC=CC(=O)C(Cl)c1ccccc1. The van der Waals surface area contributed by atoms with Crippen molar-refractivity contribution in [3.8, 4) is 0 Å². The average Bonchev–Trinajstić information content (AvgIpc) is 2.26. The molecule has 0 aliphatic heterocycles. The Morgan fingerprint density at radius 2 is 2.07 bits per heavy atom. The maximum Gasteiger partial charge on any atom is 0.177 e. The van der Waals surface area contributed by atoms with E-state index in [0.29, 0.717) is 0 Å². The summed E-state index contributed by atoms with van der Waals surface area (Å²) in [7, 11) is 0. The zero-order valence-corrected chi connectivity index (χ0v) is 8.87. The molecule has 74 valence electrons. The highest BCUT2D eigenvalue weighted by Crippen LogP contribution is 2.21. The number of halogens is 1. The number of ketones is 1. The number of hydrogen-bond donors (Lipinski definition) is 0. The number of benzene rings is 1. The molecule has 0 radical (unpaired) electrons. The van der Waals surface area contributed by atoms with E-state index in [1.807, 2.05) is 43.3 Å². The molecule has 1 unspecified atom stereocenters. The molecule has 1 aromatic rings. The minimum atomic E-state index is -0.556. The molecular weight excluding hydrogens is 196 g/mol. The summed E-state index contributed by atoms with van der Waals surface area (Å²) in [4.78, 5) is 11.5. The van der Waals surface area contributed by atoms with Crippen molar-refractivity contribution in [2.24, 2.45) is 0 Å². The fourth-order valence-corrected chi connectivity index (χ4v) is 1.32. The first-order chi connectivity index (χ1) is 6.75. The number of carbonyl (C=O) groups is 1. The first-order valence-electron chi connectivity index (χ1n) is 4.65. The lowest BCUT2D eigenvalue weighted by Gasteiger charge is -2.04. The van der Waals surface area contributed by atoms with Crippen LogP contribution in [-0.2, 0) is 4.79 Å². The van der Waals surface area contributed by atoms with Crippen LogP contribution in [0.4, 0.5) is 0 Å². The number of allylic oxidation sites excluding steroid dienone is 2. The summed E-state index contributed by atoms with van der Waals surface area (Å²) >= 11 is 5.99. The molecule has 0 aliphatic carbocycles. The van der Waals surface area contributed by atoms with Crippen molar-refractivity contribution < 1.29 is 4.79 Å². The minimum absolute atomic E-state index is 0.0558. The smallest absolute Gasteiger partial charge is 0.177 e. The van der Waals surface area contributed by atoms with Crippen molar-refractivity contribution in [3.05, 3.63) is 48.0 Å². The van der Waals surface area contributed by atoms with Gasteiger partial charge in [0.1, 0.15) is 5.38 Å². The predicted molar refractivity (Wildman–Crippen MR) is 59.5 cm³/mol. The van der Waals surface area contributed by atoms with Gasteiger partial charge >= 0.3 is 0 Å². The molecule has 0 aromatic heterocycles. The van der Waals surface area contributed by atoms with Gasteiger partial charge in [0.2, 0.25) is 0 Å². The molecule has 0 spiro atoms. The first kappa shape index (κ1) is 11.0. The van der Waals surface area contributed by atoms with Crippen LogP contribution in [0.2, 0.25) is 0 Å². The Morgan fingerprint density at radius 3 is 2.64 bits per heavy atom. The highest BCUT2D eigenvalue weighted by Gasteiger charge is 2.13. The van der Waals surface area contributed by atoms with Crippen LogP contribution in [0, 0.1) is 0 Å². The highest BCUT2D eigenvalue weighted by atomic mass is 35.5. The Kier molecular flexibility index (Phi) is 4.41. The van der Waals surface area contributed by atoms with Gasteiger partial charge in [-0.3, -0.25) is 4.79 Å². The Bertz CT molecular complexity index is 316. The van der Waals surface area contributed by atoms with Gasteiger partial charge in [-0.2, -0.15) is 0 Å². The van der Waals surface area contributed by atoms with Crippen molar-refractivity contribution >= 4 is 17.4 Å². The lowest BCUT2D eigenvalue weighted by Crippen LogP contribution is -2.02. The minimum Gasteiger partial charge on any atom is -0.293 e. The molecule has 1 aromatic carbocycles. The van der Waals surface area contributed by atoms with Gasteiger partial charge in [-0.1, -0.05) is 43.3 Å². The lowest BCUT2D eigenvalue weighted by molar-refractivity contribution is -0.114. The number of alkyl halides is 1. The van der Waals surface area contributed by atoms with E-state index in [-0.39, 0.29) is 5.78 Å². The van der Waals surface area contributed by atoms with Gasteiger partial charge < -0.3 is 0 Å².